The van der Waals surface area contributed by atoms with Gasteiger partial charge in [-0.25, -0.2) is 4.79 Å². The van der Waals surface area contributed by atoms with Crippen LogP contribution in [-0.4, -0.2) is 50.5 Å². The van der Waals surface area contributed by atoms with Crippen molar-refractivity contribution in [3.05, 3.63) is 61.8 Å². The summed E-state index contributed by atoms with van der Waals surface area (Å²) in [4.78, 5) is 33.1. The summed E-state index contributed by atoms with van der Waals surface area (Å²) >= 11 is 5.90. The number of hydrogen-bond donors (Lipinski definition) is 1. The van der Waals surface area contributed by atoms with Crippen molar-refractivity contribution in [3.63, 3.8) is 0 Å². The molecule has 2 atom stereocenters. The van der Waals surface area contributed by atoms with E-state index in [4.69, 9.17) is 11.6 Å². The molecule has 5 rings (SSSR count). The van der Waals surface area contributed by atoms with Crippen LogP contribution in [0.3, 0.4) is 0 Å². The Balaban J connectivity index is 0.00000320. The molecule has 4 heterocycles. The molecule has 2 aliphatic rings. The molecule has 0 amide bonds. The second-order valence-corrected chi connectivity index (χ2v) is 9.72. The number of benzene rings is 1. The highest BCUT2D eigenvalue weighted by molar-refractivity contribution is 6.30. The third-order valence-electron chi connectivity index (χ3n) is 7.00. The molecule has 1 N–H and O–H groups in total. The van der Waals surface area contributed by atoms with Crippen molar-refractivity contribution in [3.8, 4) is 0 Å². The average molecular weight is 559 g/mol. The molecule has 0 saturated carbocycles. The topological polar surface area (TPSA) is 77.1 Å². The highest BCUT2D eigenvalue weighted by Gasteiger charge is 2.40. The fourth-order valence-corrected chi connectivity index (χ4v) is 5.28. The van der Waals surface area contributed by atoms with Crippen molar-refractivity contribution in [2.45, 2.75) is 38.1 Å². The van der Waals surface area contributed by atoms with Crippen LogP contribution in [0, 0.1) is 5.92 Å². The van der Waals surface area contributed by atoms with E-state index in [-0.39, 0.29) is 36.2 Å². The van der Waals surface area contributed by atoms with Gasteiger partial charge in [-0.3, -0.25) is 13.9 Å². The van der Waals surface area contributed by atoms with Gasteiger partial charge in [-0.2, -0.15) is 18.2 Å². The summed E-state index contributed by atoms with van der Waals surface area (Å²) in [6, 6.07) is 7.13. The summed E-state index contributed by atoms with van der Waals surface area (Å²) in [7, 11) is 1.48. The molecule has 0 aliphatic carbocycles. The van der Waals surface area contributed by atoms with Gasteiger partial charge in [0.15, 0.2) is 11.2 Å². The molecule has 13 heteroatoms. The number of alkyl halides is 3. The lowest BCUT2D eigenvalue weighted by atomic mass is 10.1. The van der Waals surface area contributed by atoms with Gasteiger partial charge in [-0.15, -0.1) is 12.4 Å². The molecule has 0 spiro atoms. The summed E-state index contributed by atoms with van der Waals surface area (Å²) in [5, 5.41) is 3.91. The van der Waals surface area contributed by atoms with Crippen molar-refractivity contribution < 1.29 is 13.2 Å². The van der Waals surface area contributed by atoms with E-state index in [0.29, 0.717) is 30.0 Å². The Hall–Kier alpha value is -2.76. The fourth-order valence-electron chi connectivity index (χ4n) is 5.16. The number of rotatable bonds is 6. The zero-order chi connectivity index (χ0) is 25.6. The van der Waals surface area contributed by atoms with Crippen molar-refractivity contribution in [1.82, 2.24) is 24.0 Å². The summed E-state index contributed by atoms with van der Waals surface area (Å²) in [6.07, 6.45) is -1.22. The standard InChI is InChI=1S/C24H26ClF3N6O2.ClH/c1-31-20-19(21(35)34(23(31)36)10-2-3-15-4-6-17(25)7-5-15)33(12-9-24(26,27)28)22(30-20)32-11-8-16-13-29-14-18(16)32;/h2-7,16,18,29H,8-14H2,1H3;1H. The van der Waals surface area contributed by atoms with Gasteiger partial charge in [0.05, 0.1) is 6.42 Å². The maximum Gasteiger partial charge on any atom is 0.390 e. The average Bonchev–Trinajstić information content (AvgIpc) is 3.53. The van der Waals surface area contributed by atoms with Crippen LogP contribution < -0.4 is 21.5 Å². The van der Waals surface area contributed by atoms with Gasteiger partial charge in [0.25, 0.3) is 5.56 Å². The first-order valence-electron chi connectivity index (χ1n) is 11.8. The van der Waals surface area contributed by atoms with Gasteiger partial charge < -0.3 is 14.8 Å². The predicted molar refractivity (Wildman–Crippen MR) is 140 cm³/mol. The number of halogens is 5. The van der Waals surface area contributed by atoms with Gasteiger partial charge in [0.2, 0.25) is 5.95 Å². The Morgan fingerprint density at radius 3 is 2.59 bits per heavy atom. The Kier molecular flexibility index (Phi) is 7.77. The lowest BCUT2D eigenvalue weighted by Gasteiger charge is -2.25. The molecule has 3 aromatic rings. The Labute approximate surface area is 221 Å². The lowest BCUT2D eigenvalue weighted by molar-refractivity contribution is -0.136. The zero-order valence-corrected chi connectivity index (χ0v) is 21.6. The van der Waals surface area contributed by atoms with E-state index in [0.717, 1.165) is 23.1 Å². The van der Waals surface area contributed by atoms with E-state index in [2.05, 4.69) is 10.3 Å². The molecule has 0 radical (unpaired) electrons. The molecule has 37 heavy (non-hydrogen) atoms. The highest BCUT2D eigenvalue weighted by Crippen LogP contribution is 2.33. The SMILES string of the molecule is Cl.Cn1c(=O)n(CC=Cc2ccc(Cl)cc2)c(=O)c2c1nc(N1CCC3CNCC31)n2CCC(F)(F)F. The largest absolute Gasteiger partial charge is 0.390 e. The van der Waals surface area contributed by atoms with Crippen LogP contribution in [0.5, 0.6) is 0 Å². The summed E-state index contributed by atoms with van der Waals surface area (Å²) in [5.41, 5.74) is -0.311. The molecule has 8 nitrogen and oxygen atoms in total. The quantitative estimate of drug-likeness (QED) is 0.501. The monoisotopic (exact) mass is 558 g/mol. The van der Waals surface area contributed by atoms with E-state index >= 15 is 0 Å². The Bertz CT molecular complexity index is 1430. The van der Waals surface area contributed by atoms with Crippen LogP contribution in [0.25, 0.3) is 17.2 Å². The molecule has 2 unspecified atom stereocenters. The molecule has 2 aromatic heterocycles. The number of allylic oxidation sites excluding steroid dienone is 1. The minimum absolute atomic E-state index is 0. The van der Waals surface area contributed by atoms with Crippen LogP contribution in [0.4, 0.5) is 19.1 Å². The maximum absolute atomic E-state index is 13.5. The van der Waals surface area contributed by atoms with Crippen molar-refractivity contribution in [2.75, 3.05) is 24.5 Å². The van der Waals surface area contributed by atoms with E-state index in [1.165, 1.54) is 16.2 Å². The molecule has 2 aliphatic heterocycles. The molecular formula is C24H27Cl2F3N6O2. The van der Waals surface area contributed by atoms with Crippen LogP contribution in [-0.2, 0) is 20.1 Å². The van der Waals surface area contributed by atoms with Crippen LogP contribution in [0.15, 0.2) is 39.9 Å². The first-order valence-corrected chi connectivity index (χ1v) is 12.2. The van der Waals surface area contributed by atoms with Crippen molar-refractivity contribution in [1.29, 1.82) is 0 Å². The molecule has 0 bridgehead atoms. The summed E-state index contributed by atoms with van der Waals surface area (Å²) in [5.74, 6) is 0.686. The van der Waals surface area contributed by atoms with Gasteiger partial charge in [-0.1, -0.05) is 35.9 Å². The first-order chi connectivity index (χ1) is 17.1. The summed E-state index contributed by atoms with van der Waals surface area (Å²) in [6.45, 7) is 1.69. The summed E-state index contributed by atoms with van der Waals surface area (Å²) < 4.78 is 43.3. The zero-order valence-electron chi connectivity index (χ0n) is 20.0. The first kappa shape index (κ1) is 27.3. The van der Waals surface area contributed by atoms with Gasteiger partial charge in [-0.05, 0) is 30.0 Å². The van der Waals surface area contributed by atoms with E-state index in [1.54, 1.807) is 36.4 Å². The van der Waals surface area contributed by atoms with Gasteiger partial charge in [0, 0.05) is 50.8 Å². The Morgan fingerprint density at radius 1 is 1.16 bits per heavy atom. The fraction of sp³-hybridized carbons (Fsp3) is 0.458. The van der Waals surface area contributed by atoms with Gasteiger partial charge >= 0.3 is 11.9 Å². The second-order valence-electron chi connectivity index (χ2n) is 9.28. The third kappa shape index (κ3) is 5.30. The van der Waals surface area contributed by atoms with E-state index < -0.39 is 30.4 Å². The van der Waals surface area contributed by atoms with Crippen molar-refractivity contribution in [2.24, 2.45) is 13.0 Å². The van der Waals surface area contributed by atoms with E-state index in [1.807, 2.05) is 4.90 Å². The normalized spacial score (nSPS) is 19.6. The molecule has 1 aromatic carbocycles. The smallest absolute Gasteiger partial charge is 0.338 e. The molecule has 2 fully saturated rings. The minimum Gasteiger partial charge on any atom is -0.338 e. The number of nitrogens with one attached hydrogen (secondary N) is 1. The van der Waals surface area contributed by atoms with Crippen molar-refractivity contribution >= 4 is 47.2 Å². The van der Waals surface area contributed by atoms with Crippen LogP contribution in [0.1, 0.15) is 18.4 Å². The number of imidazole rings is 1. The van der Waals surface area contributed by atoms with Crippen LogP contribution in [0.2, 0.25) is 5.02 Å². The van der Waals surface area contributed by atoms with Crippen LogP contribution >= 0.6 is 24.0 Å². The molecule has 200 valence electrons. The number of anilines is 1. The third-order valence-corrected chi connectivity index (χ3v) is 7.25. The number of fused-ring (bicyclic) bond motifs is 2. The second kappa shape index (κ2) is 10.5. The van der Waals surface area contributed by atoms with E-state index in [9.17, 15) is 22.8 Å². The number of aromatic nitrogens is 4. The number of aryl methyl sites for hydroxylation is 2. The molecule has 2 saturated heterocycles. The lowest BCUT2D eigenvalue weighted by Crippen LogP contribution is -2.39. The highest BCUT2D eigenvalue weighted by atomic mass is 35.5. The maximum atomic E-state index is 13.5. The number of hydrogen-bond acceptors (Lipinski definition) is 5. The Morgan fingerprint density at radius 2 is 1.89 bits per heavy atom. The molecular weight excluding hydrogens is 532 g/mol. The minimum atomic E-state index is -4.41. The van der Waals surface area contributed by atoms with Gasteiger partial charge in [0.1, 0.15) is 0 Å². The number of nitrogens with zero attached hydrogens (tertiary/aromatic N) is 5. The predicted octanol–water partition coefficient (Wildman–Crippen LogP) is 3.44.